The number of benzene rings is 1. The Bertz CT molecular complexity index is 447. The van der Waals surface area contributed by atoms with Crippen molar-refractivity contribution in [2.24, 2.45) is 5.16 Å². The molecule has 0 saturated heterocycles. The number of hydrogen-bond acceptors (Lipinski definition) is 4. The topological polar surface area (TPSA) is 65.6 Å². The Morgan fingerprint density at radius 2 is 2.29 bits per heavy atom. The molecule has 0 bridgehead atoms. The van der Waals surface area contributed by atoms with Gasteiger partial charge in [0.2, 0.25) is 0 Å². The zero-order valence-corrected chi connectivity index (χ0v) is 10.1. The van der Waals surface area contributed by atoms with Crippen molar-refractivity contribution in [1.82, 2.24) is 0 Å². The lowest BCUT2D eigenvalue weighted by Gasteiger charge is -2.11. The highest BCUT2D eigenvalue weighted by Gasteiger charge is 2.07. The molecule has 1 aromatic carbocycles. The van der Waals surface area contributed by atoms with Crippen LogP contribution in [-0.2, 0) is 0 Å². The van der Waals surface area contributed by atoms with Crippen LogP contribution < -0.4 is 4.74 Å². The molecule has 0 aliphatic heterocycles. The smallest absolute Gasteiger partial charge is 0.128 e. The zero-order chi connectivity index (χ0) is 12.7. The Kier molecular flexibility index (Phi) is 5.02. The molecule has 17 heavy (non-hydrogen) atoms. The Morgan fingerprint density at radius 1 is 1.53 bits per heavy atom. The first-order chi connectivity index (χ1) is 8.19. The number of unbranched alkanes of at least 4 members (excludes halogenated alkanes) is 1. The van der Waals surface area contributed by atoms with Crippen molar-refractivity contribution >= 4 is 5.71 Å². The summed E-state index contributed by atoms with van der Waals surface area (Å²) in [7, 11) is 0. The number of oxime groups is 1. The van der Waals surface area contributed by atoms with E-state index in [1.807, 2.05) is 25.1 Å². The van der Waals surface area contributed by atoms with Crippen molar-refractivity contribution in [2.45, 2.75) is 26.7 Å². The maximum Gasteiger partial charge on any atom is 0.128 e. The van der Waals surface area contributed by atoms with E-state index in [4.69, 9.17) is 15.2 Å². The third kappa shape index (κ3) is 3.80. The fourth-order valence-electron chi connectivity index (χ4n) is 1.44. The predicted molar refractivity (Wildman–Crippen MR) is 65.5 cm³/mol. The van der Waals surface area contributed by atoms with Crippen LogP contribution in [0.1, 0.15) is 30.9 Å². The molecule has 0 atom stereocenters. The molecule has 0 unspecified atom stereocenters. The van der Waals surface area contributed by atoms with Crippen molar-refractivity contribution in [1.29, 1.82) is 5.26 Å². The van der Waals surface area contributed by atoms with Gasteiger partial charge < -0.3 is 9.94 Å². The van der Waals surface area contributed by atoms with E-state index in [2.05, 4.69) is 11.2 Å². The molecule has 4 nitrogen and oxygen atoms in total. The molecule has 1 aromatic rings. The molecule has 0 amide bonds. The maximum absolute atomic E-state index is 8.80. The molecule has 0 spiro atoms. The normalized spacial score (nSPS) is 11.0. The number of nitriles is 1. The van der Waals surface area contributed by atoms with E-state index < -0.39 is 0 Å². The summed E-state index contributed by atoms with van der Waals surface area (Å²) in [5.74, 6) is 0.684. The number of nitrogens with zero attached hydrogens (tertiary/aromatic N) is 2. The summed E-state index contributed by atoms with van der Waals surface area (Å²) in [6.45, 7) is 4.17. The summed E-state index contributed by atoms with van der Waals surface area (Å²) in [6, 6.07) is 7.77. The summed E-state index contributed by atoms with van der Waals surface area (Å²) in [6.07, 6.45) is 1.17. The minimum Gasteiger partial charge on any atom is -0.493 e. The van der Waals surface area contributed by atoms with E-state index >= 15 is 0 Å². The van der Waals surface area contributed by atoms with Gasteiger partial charge in [0.15, 0.2) is 0 Å². The van der Waals surface area contributed by atoms with Gasteiger partial charge in [-0.2, -0.15) is 5.26 Å². The van der Waals surface area contributed by atoms with Crippen molar-refractivity contribution in [2.75, 3.05) is 6.61 Å². The van der Waals surface area contributed by atoms with Crippen LogP contribution in [-0.4, -0.2) is 17.5 Å². The molecule has 0 aliphatic rings. The third-order valence-corrected chi connectivity index (χ3v) is 2.37. The molecule has 1 N–H and O–H groups in total. The molecular formula is C13H16N2O2. The quantitative estimate of drug-likeness (QED) is 0.367. The van der Waals surface area contributed by atoms with Crippen molar-refractivity contribution in [3.63, 3.8) is 0 Å². The van der Waals surface area contributed by atoms with E-state index in [0.29, 0.717) is 30.9 Å². The van der Waals surface area contributed by atoms with Gasteiger partial charge in [0.05, 0.1) is 18.4 Å². The Hall–Kier alpha value is -2.02. The Labute approximate surface area is 101 Å². The van der Waals surface area contributed by atoms with Crippen LogP contribution in [0.4, 0.5) is 0 Å². The van der Waals surface area contributed by atoms with Gasteiger partial charge in [-0.25, -0.2) is 0 Å². The fourth-order valence-corrected chi connectivity index (χ4v) is 1.44. The lowest BCUT2D eigenvalue weighted by molar-refractivity contribution is 0.308. The second-order valence-electron chi connectivity index (χ2n) is 3.80. The van der Waals surface area contributed by atoms with Gasteiger partial charge in [0.1, 0.15) is 5.75 Å². The molecule has 0 aliphatic carbocycles. The third-order valence-electron chi connectivity index (χ3n) is 2.37. The van der Waals surface area contributed by atoms with Crippen molar-refractivity contribution in [3.05, 3.63) is 29.3 Å². The van der Waals surface area contributed by atoms with Crippen molar-refractivity contribution in [3.8, 4) is 11.8 Å². The molecule has 0 aromatic heterocycles. The Balaban J connectivity index is 2.81. The average molecular weight is 232 g/mol. The van der Waals surface area contributed by atoms with E-state index in [9.17, 15) is 0 Å². The molecule has 4 heteroatoms. The molecule has 0 heterocycles. The minimum absolute atomic E-state index is 0.480. The number of rotatable bonds is 5. The van der Waals surface area contributed by atoms with Crippen LogP contribution in [0.3, 0.4) is 0 Å². The molecule has 1 rings (SSSR count). The van der Waals surface area contributed by atoms with Crippen LogP contribution >= 0.6 is 0 Å². The van der Waals surface area contributed by atoms with Gasteiger partial charge in [-0.05, 0) is 32.4 Å². The molecule has 0 saturated carbocycles. The molecule has 90 valence electrons. The second-order valence-corrected chi connectivity index (χ2v) is 3.80. The van der Waals surface area contributed by atoms with Crippen LogP contribution in [0.25, 0.3) is 0 Å². The summed E-state index contributed by atoms with van der Waals surface area (Å²) in [5.41, 5.74) is 2.38. The number of aryl methyl sites for hydroxylation is 1. The van der Waals surface area contributed by atoms with Gasteiger partial charge in [-0.1, -0.05) is 16.8 Å². The summed E-state index contributed by atoms with van der Waals surface area (Å²) < 4.78 is 5.57. The van der Waals surface area contributed by atoms with Gasteiger partial charge >= 0.3 is 0 Å². The lowest BCUT2D eigenvalue weighted by Crippen LogP contribution is -2.04. The van der Waals surface area contributed by atoms with E-state index in [0.717, 1.165) is 11.1 Å². The monoisotopic (exact) mass is 232 g/mol. The minimum atomic E-state index is 0.480. The van der Waals surface area contributed by atoms with Crippen LogP contribution in [0.2, 0.25) is 0 Å². The van der Waals surface area contributed by atoms with Gasteiger partial charge in [0.25, 0.3) is 0 Å². The predicted octanol–water partition coefficient (Wildman–Crippen LogP) is 2.88. The molecule has 0 radical (unpaired) electrons. The number of ether oxygens (including phenoxy) is 1. The summed E-state index contributed by atoms with van der Waals surface area (Å²) >= 11 is 0. The lowest BCUT2D eigenvalue weighted by atomic mass is 10.1. The molecule has 0 fully saturated rings. The first-order valence-corrected chi connectivity index (χ1v) is 5.48. The van der Waals surface area contributed by atoms with Crippen LogP contribution in [0.15, 0.2) is 23.4 Å². The maximum atomic E-state index is 8.80. The largest absolute Gasteiger partial charge is 0.493 e. The fraction of sp³-hybridized carbons (Fsp3) is 0.385. The van der Waals surface area contributed by atoms with E-state index in [1.165, 1.54) is 0 Å². The zero-order valence-electron chi connectivity index (χ0n) is 10.1. The first kappa shape index (κ1) is 13.0. The van der Waals surface area contributed by atoms with Crippen LogP contribution in [0.5, 0.6) is 5.75 Å². The van der Waals surface area contributed by atoms with Gasteiger partial charge in [-0.15, -0.1) is 0 Å². The second kappa shape index (κ2) is 6.54. The Morgan fingerprint density at radius 3 is 2.94 bits per heavy atom. The highest BCUT2D eigenvalue weighted by atomic mass is 16.5. The molecular weight excluding hydrogens is 216 g/mol. The van der Waals surface area contributed by atoms with E-state index in [-0.39, 0.29) is 0 Å². The van der Waals surface area contributed by atoms with Crippen LogP contribution in [0, 0.1) is 18.3 Å². The van der Waals surface area contributed by atoms with E-state index in [1.54, 1.807) is 6.92 Å². The highest BCUT2D eigenvalue weighted by molar-refractivity contribution is 6.00. The average Bonchev–Trinajstić information content (AvgIpc) is 2.35. The summed E-state index contributed by atoms with van der Waals surface area (Å²) in [4.78, 5) is 0. The SMILES string of the molecule is C/C(=N\O)c1cc(C)ccc1OCCCC#N. The van der Waals surface area contributed by atoms with Gasteiger partial charge in [0, 0.05) is 12.0 Å². The standard InChI is InChI=1S/C13H16N2O2/c1-10-5-6-13(17-8-4-3-7-14)12(9-10)11(2)15-16/h5-6,9,16H,3-4,8H2,1-2H3/b15-11+. The first-order valence-electron chi connectivity index (χ1n) is 5.48. The summed E-state index contributed by atoms with van der Waals surface area (Å²) in [5, 5.41) is 20.4. The number of hydrogen-bond donors (Lipinski definition) is 1. The van der Waals surface area contributed by atoms with Crippen molar-refractivity contribution < 1.29 is 9.94 Å². The highest BCUT2D eigenvalue weighted by Crippen LogP contribution is 2.21. The van der Waals surface area contributed by atoms with Gasteiger partial charge in [-0.3, -0.25) is 0 Å².